The molecule has 1 heteroatoms. The summed E-state index contributed by atoms with van der Waals surface area (Å²) in [5.74, 6) is 0.541. The van der Waals surface area contributed by atoms with E-state index in [1.165, 1.54) is 0 Å². The second-order valence-electron chi connectivity index (χ2n) is 4.22. The highest BCUT2D eigenvalue weighted by Gasteiger charge is 2.02. The van der Waals surface area contributed by atoms with Gasteiger partial charge in [-0.15, -0.1) is 0 Å². The molecule has 0 radical (unpaired) electrons. The number of aliphatic imine (C=N–C) groups is 1. The average Bonchev–Trinajstić information content (AvgIpc) is 1.78. The summed E-state index contributed by atoms with van der Waals surface area (Å²) in [4.78, 5) is 4.15. The van der Waals surface area contributed by atoms with Crippen LogP contribution in [0, 0.1) is 11.3 Å². The van der Waals surface area contributed by atoms with Gasteiger partial charge < -0.3 is 0 Å². The lowest BCUT2D eigenvalue weighted by Crippen LogP contribution is -1.97. The standard InChI is InChI=1S/C10H19N/c1-9(2)8-11-7-6-10(3,4)5/h6-9H,1-5H3/b7-6-,11-8-. The number of hydrogen-bond donors (Lipinski definition) is 0. The predicted octanol–water partition coefficient (Wildman–Crippen LogP) is 3.27. The van der Waals surface area contributed by atoms with Crippen LogP contribution >= 0.6 is 0 Å². The Balaban J connectivity index is 3.78. The molecule has 0 N–H and O–H groups in total. The molecular formula is C10H19N. The van der Waals surface area contributed by atoms with Gasteiger partial charge in [0, 0.05) is 12.4 Å². The third-order valence-corrected chi connectivity index (χ3v) is 1.04. The Bertz CT molecular complexity index is 147. The van der Waals surface area contributed by atoms with Gasteiger partial charge in [-0.1, -0.05) is 40.7 Å². The molecule has 0 aromatic heterocycles. The first-order valence-corrected chi connectivity index (χ1v) is 4.13. The maximum Gasteiger partial charge on any atom is 0.0229 e. The lowest BCUT2D eigenvalue weighted by molar-refractivity contribution is 0.543. The van der Waals surface area contributed by atoms with E-state index < -0.39 is 0 Å². The molecule has 0 aromatic carbocycles. The Hall–Kier alpha value is -0.590. The number of allylic oxidation sites excluding steroid dienone is 1. The summed E-state index contributed by atoms with van der Waals surface area (Å²) in [6.45, 7) is 10.7. The molecule has 0 aliphatic rings. The number of nitrogens with zero attached hydrogens (tertiary/aromatic N) is 1. The van der Waals surface area contributed by atoms with Crippen molar-refractivity contribution in [3.05, 3.63) is 12.3 Å². The van der Waals surface area contributed by atoms with Crippen LogP contribution in [0.15, 0.2) is 17.3 Å². The molecule has 0 aliphatic heterocycles. The molecule has 11 heavy (non-hydrogen) atoms. The number of rotatable bonds is 2. The van der Waals surface area contributed by atoms with E-state index in [9.17, 15) is 0 Å². The third kappa shape index (κ3) is 9.41. The minimum Gasteiger partial charge on any atom is -0.269 e. The van der Waals surface area contributed by atoms with Crippen molar-refractivity contribution in [3.8, 4) is 0 Å². The van der Waals surface area contributed by atoms with Crippen LogP contribution in [-0.2, 0) is 0 Å². The lowest BCUT2D eigenvalue weighted by atomic mass is 9.97. The molecule has 0 unspecified atom stereocenters. The Morgan fingerprint density at radius 2 is 1.73 bits per heavy atom. The maximum atomic E-state index is 4.15. The van der Waals surface area contributed by atoms with Crippen molar-refractivity contribution in [3.63, 3.8) is 0 Å². The number of hydrogen-bond acceptors (Lipinski definition) is 1. The largest absolute Gasteiger partial charge is 0.269 e. The minimum absolute atomic E-state index is 0.244. The van der Waals surface area contributed by atoms with Crippen molar-refractivity contribution in [1.82, 2.24) is 0 Å². The first-order valence-electron chi connectivity index (χ1n) is 4.13. The van der Waals surface area contributed by atoms with Crippen LogP contribution in [0.2, 0.25) is 0 Å². The Kier molecular flexibility index (Phi) is 4.09. The zero-order valence-electron chi connectivity index (χ0n) is 8.26. The topological polar surface area (TPSA) is 12.4 Å². The van der Waals surface area contributed by atoms with Crippen LogP contribution < -0.4 is 0 Å². The normalized spacial score (nSPS) is 14.0. The second kappa shape index (κ2) is 4.32. The van der Waals surface area contributed by atoms with Crippen molar-refractivity contribution in [1.29, 1.82) is 0 Å². The molecule has 0 rings (SSSR count). The summed E-state index contributed by atoms with van der Waals surface area (Å²) < 4.78 is 0. The molecule has 0 amide bonds. The maximum absolute atomic E-state index is 4.15. The zero-order valence-corrected chi connectivity index (χ0v) is 8.26. The first-order chi connectivity index (χ1) is 4.92. The van der Waals surface area contributed by atoms with Crippen LogP contribution in [-0.4, -0.2) is 6.21 Å². The summed E-state index contributed by atoms with van der Waals surface area (Å²) in [6.07, 6.45) is 5.92. The van der Waals surface area contributed by atoms with E-state index in [4.69, 9.17) is 0 Å². The smallest absolute Gasteiger partial charge is 0.0229 e. The van der Waals surface area contributed by atoms with Crippen LogP contribution in [0.3, 0.4) is 0 Å². The predicted molar refractivity (Wildman–Crippen MR) is 51.9 cm³/mol. The molecule has 0 saturated heterocycles. The van der Waals surface area contributed by atoms with Crippen molar-refractivity contribution in [2.45, 2.75) is 34.6 Å². The van der Waals surface area contributed by atoms with Gasteiger partial charge in [-0.05, 0) is 11.3 Å². The molecule has 1 nitrogen and oxygen atoms in total. The summed E-state index contributed by atoms with van der Waals surface area (Å²) in [5, 5.41) is 0. The molecule has 0 saturated carbocycles. The van der Waals surface area contributed by atoms with Gasteiger partial charge in [-0.3, -0.25) is 4.99 Å². The Morgan fingerprint density at radius 3 is 2.09 bits per heavy atom. The van der Waals surface area contributed by atoms with Crippen molar-refractivity contribution < 1.29 is 0 Å². The molecule has 0 aliphatic carbocycles. The SMILES string of the molecule is CC(C)/C=N\C=C/C(C)(C)C. The highest BCUT2D eigenvalue weighted by atomic mass is 14.7. The molecule has 0 aromatic rings. The Labute approximate surface area is 70.2 Å². The fourth-order valence-electron chi connectivity index (χ4n) is 0.488. The van der Waals surface area contributed by atoms with E-state index in [-0.39, 0.29) is 5.41 Å². The molecule has 0 heterocycles. The van der Waals surface area contributed by atoms with Gasteiger partial charge in [-0.2, -0.15) is 0 Å². The van der Waals surface area contributed by atoms with E-state index in [0.29, 0.717) is 5.92 Å². The van der Waals surface area contributed by atoms with Crippen molar-refractivity contribution in [2.75, 3.05) is 0 Å². The Morgan fingerprint density at radius 1 is 1.18 bits per heavy atom. The third-order valence-electron chi connectivity index (χ3n) is 1.04. The van der Waals surface area contributed by atoms with E-state index in [1.807, 2.05) is 12.4 Å². The summed E-state index contributed by atoms with van der Waals surface area (Å²) >= 11 is 0. The van der Waals surface area contributed by atoms with Crippen molar-refractivity contribution in [2.24, 2.45) is 16.3 Å². The summed E-state index contributed by atoms with van der Waals surface area (Å²) in [7, 11) is 0. The zero-order chi connectivity index (χ0) is 8.91. The van der Waals surface area contributed by atoms with E-state index >= 15 is 0 Å². The highest BCUT2D eigenvalue weighted by molar-refractivity contribution is 5.60. The van der Waals surface area contributed by atoms with Gasteiger partial charge in [0.15, 0.2) is 0 Å². The minimum atomic E-state index is 0.244. The van der Waals surface area contributed by atoms with Gasteiger partial charge >= 0.3 is 0 Å². The monoisotopic (exact) mass is 153 g/mol. The molecule has 0 atom stereocenters. The molecule has 64 valence electrons. The fraction of sp³-hybridized carbons (Fsp3) is 0.700. The van der Waals surface area contributed by atoms with Crippen molar-refractivity contribution >= 4 is 6.21 Å². The highest BCUT2D eigenvalue weighted by Crippen LogP contribution is 2.13. The van der Waals surface area contributed by atoms with Gasteiger partial charge in [0.05, 0.1) is 0 Å². The molecular weight excluding hydrogens is 134 g/mol. The van der Waals surface area contributed by atoms with Crippen LogP contribution in [0.4, 0.5) is 0 Å². The summed E-state index contributed by atoms with van der Waals surface area (Å²) in [6, 6.07) is 0. The van der Waals surface area contributed by atoms with Gasteiger partial charge in [0.2, 0.25) is 0 Å². The fourth-order valence-corrected chi connectivity index (χ4v) is 0.488. The van der Waals surface area contributed by atoms with Gasteiger partial charge in [-0.25, -0.2) is 0 Å². The van der Waals surface area contributed by atoms with Crippen LogP contribution in [0.1, 0.15) is 34.6 Å². The van der Waals surface area contributed by atoms with E-state index in [1.54, 1.807) is 0 Å². The van der Waals surface area contributed by atoms with Crippen LogP contribution in [0.25, 0.3) is 0 Å². The second-order valence-corrected chi connectivity index (χ2v) is 4.22. The van der Waals surface area contributed by atoms with Gasteiger partial charge in [0.1, 0.15) is 0 Å². The molecule has 0 fully saturated rings. The van der Waals surface area contributed by atoms with Crippen LogP contribution in [0.5, 0.6) is 0 Å². The molecule has 0 spiro atoms. The van der Waals surface area contributed by atoms with E-state index in [0.717, 1.165) is 0 Å². The first kappa shape index (κ1) is 10.4. The summed E-state index contributed by atoms with van der Waals surface area (Å²) in [5.41, 5.74) is 0.244. The average molecular weight is 153 g/mol. The van der Waals surface area contributed by atoms with E-state index in [2.05, 4.69) is 45.7 Å². The van der Waals surface area contributed by atoms with Gasteiger partial charge in [0.25, 0.3) is 0 Å². The lowest BCUT2D eigenvalue weighted by Gasteiger charge is -2.09. The molecule has 0 bridgehead atoms. The quantitative estimate of drug-likeness (QED) is 0.540.